The molecule has 0 aliphatic rings. The number of sulfone groups is 1. The number of rotatable bonds is 4. The second-order valence-corrected chi connectivity index (χ2v) is 9.60. The number of hydrogen-bond acceptors (Lipinski definition) is 5. The van der Waals surface area contributed by atoms with Crippen LogP contribution in [0.25, 0.3) is 0 Å². The number of benzene rings is 1. The first-order valence-electron chi connectivity index (χ1n) is 5.27. The molecule has 0 radical (unpaired) electrons. The molecule has 0 saturated carbocycles. The molecular weight excluding hydrogens is 342 g/mol. The van der Waals surface area contributed by atoms with Gasteiger partial charge in [-0.1, -0.05) is 17.7 Å². The van der Waals surface area contributed by atoms with Crippen LogP contribution in [0.3, 0.4) is 0 Å². The van der Waals surface area contributed by atoms with E-state index in [-0.39, 0.29) is 14.8 Å². The lowest BCUT2D eigenvalue weighted by Crippen LogP contribution is -2.11. The molecule has 0 atom stereocenters. The lowest BCUT2D eigenvalue weighted by atomic mass is 10.3. The summed E-state index contributed by atoms with van der Waals surface area (Å²) in [5, 5.41) is 0. The van der Waals surface area contributed by atoms with Crippen molar-refractivity contribution in [2.45, 2.75) is 9.10 Å². The van der Waals surface area contributed by atoms with E-state index in [1.165, 1.54) is 36.4 Å². The highest BCUT2D eigenvalue weighted by Gasteiger charge is 2.17. The number of sulfonamides is 1. The van der Waals surface area contributed by atoms with Crippen molar-refractivity contribution in [2.24, 2.45) is 0 Å². The summed E-state index contributed by atoms with van der Waals surface area (Å²) in [6.45, 7) is 0. The number of nitrogens with one attached hydrogen (secondary N) is 1. The first-order chi connectivity index (χ1) is 9.18. The van der Waals surface area contributed by atoms with E-state index >= 15 is 0 Å². The van der Waals surface area contributed by atoms with Gasteiger partial charge in [0.2, 0.25) is 0 Å². The van der Waals surface area contributed by atoms with Crippen molar-refractivity contribution in [1.29, 1.82) is 0 Å². The third kappa shape index (κ3) is 3.51. The minimum atomic E-state index is -3.77. The topological polar surface area (TPSA) is 80.3 Å². The maximum atomic E-state index is 12.1. The number of halogens is 1. The summed E-state index contributed by atoms with van der Waals surface area (Å²) >= 11 is 6.62. The van der Waals surface area contributed by atoms with E-state index in [9.17, 15) is 16.8 Å². The molecule has 0 bridgehead atoms. The molecule has 2 aromatic rings. The van der Waals surface area contributed by atoms with Crippen molar-refractivity contribution in [3.05, 3.63) is 40.7 Å². The molecule has 0 aliphatic carbocycles. The van der Waals surface area contributed by atoms with Gasteiger partial charge in [0.25, 0.3) is 10.0 Å². The summed E-state index contributed by atoms with van der Waals surface area (Å²) in [4.78, 5) is 0.0434. The molecule has 2 rings (SSSR count). The van der Waals surface area contributed by atoms with E-state index in [0.717, 1.165) is 17.6 Å². The largest absolute Gasteiger partial charge is 0.279 e. The highest BCUT2D eigenvalue weighted by Crippen LogP contribution is 2.27. The van der Waals surface area contributed by atoms with Crippen LogP contribution in [0.1, 0.15) is 0 Å². The molecule has 1 aromatic heterocycles. The Morgan fingerprint density at radius 2 is 1.80 bits per heavy atom. The molecule has 5 nitrogen and oxygen atoms in total. The first kappa shape index (κ1) is 15.3. The van der Waals surface area contributed by atoms with Crippen LogP contribution in [0.5, 0.6) is 0 Å². The third-order valence-electron chi connectivity index (χ3n) is 2.33. The van der Waals surface area contributed by atoms with E-state index in [0.29, 0.717) is 4.34 Å². The highest BCUT2D eigenvalue weighted by molar-refractivity contribution is 7.94. The second-order valence-electron chi connectivity index (χ2n) is 3.96. The van der Waals surface area contributed by atoms with Gasteiger partial charge in [0.05, 0.1) is 14.9 Å². The van der Waals surface area contributed by atoms with Crippen molar-refractivity contribution in [1.82, 2.24) is 0 Å². The van der Waals surface area contributed by atoms with E-state index in [1.54, 1.807) is 0 Å². The smallest absolute Gasteiger partial charge is 0.271 e. The van der Waals surface area contributed by atoms with Gasteiger partial charge in [0.1, 0.15) is 4.21 Å². The van der Waals surface area contributed by atoms with Gasteiger partial charge in [0.15, 0.2) is 9.84 Å². The Hall–Kier alpha value is -1.09. The van der Waals surface area contributed by atoms with Crippen LogP contribution in [-0.2, 0) is 19.9 Å². The molecule has 0 amide bonds. The number of thiophene rings is 1. The fourth-order valence-corrected chi connectivity index (χ4v) is 4.64. The molecule has 0 fully saturated rings. The standard InChI is InChI=1S/C11H10ClNO4S3/c1-19(14,15)9-4-2-3-8(7-9)13-20(16,17)11-6-5-10(12)18-11/h2-7,13H,1H3. The van der Waals surface area contributed by atoms with Gasteiger partial charge in [-0.25, -0.2) is 16.8 Å². The van der Waals surface area contributed by atoms with Crippen LogP contribution in [-0.4, -0.2) is 23.1 Å². The van der Waals surface area contributed by atoms with Gasteiger partial charge < -0.3 is 0 Å². The molecule has 108 valence electrons. The predicted octanol–water partition coefficient (Wildman–Crippen LogP) is 2.61. The summed E-state index contributed by atoms with van der Waals surface area (Å²) in [5.74, 6) is 0. The molecule has 0 saturated heterocycles. The summed E-state index contributed by atoms with van der Waals surface area (Å²) in [6.07, 6.45) is 1.06. The third-order valence-corrected chi connectivity index (χ3v) is 6.54. The normalized spacial score (nSPS) is 12.3. The first-order valence-corrected chi connectivity index (χ1v) is 9.84. The molecule has 1 heterocycles. The Morgan fingerprint density at radius 3 is 2.35 bits per heavy atom. The van der Waals surface area contributed by atoms with Crippen LogP contribution in [0.4, 0.5) is 5.69 Å². The SMILES string of the molecule is CS(=O)(=O)c1cccc(NS(=O)(=O)c2ccc(Cl)s2)c1. The predicted molar refractivity (Wildman–Crippen MR) is 79.7 cm³/mol. The average Bonchev–Trinajstić information content (AvgIpc) is 2.75. The fraction of sp³-hybridized carbons (Fsp3) is 0.0909. The zero-order chi connectivity index (χ0) is 15.0. The van der Waals surface area contributed by atoms with Crippen LogP contribution in [0, 0.1) is 0 Å². The minimum absolute atomic E-state index is 0.0434. The zero-order valence-electron chi connectivity index (χ0n) is 10.2. The van der Waals surface area contributed by atoms with Gasteiger partial charge in [-0.3, -0.25) is 4.72 Å². The molecular formula is C11H10ClNO4S3. The minimum Gasteiger partial charge on any atom is -0.279 e. The van der Waals surface area contributed by atoms with Crippen molar-refractivity contribution in [3.8, 4) is 0 Å². The molecule has 0 unspecified atom stereocenters. The van der Waals surface area contributed by atoms with Crippen LogP contribution in [0.15, 0.2) is 45.5 Å². The Balaban J connectivity index is 2.35. The van der Waals surface area contributed by atoms with Crippen LogP contribution >= 0.6 is 22.9 Å². The molecule has 0 spiro atoms. The van der Waals surface area contributed by atoms with Gasteiger partial charge in [-0.2, -0.15) is 0 Å². The zero-order valence-corrected chi connectivity index (χ0v) is 13.4. The maximum absolute atomic E-state index is 12.1. The van der Waals surface area contributed by atoms with Crippen molar-refractivity contribution < 1.29 is 16.8 Å². The van der Waals surface area contributed by atoms with Crippen molar-refractivity contribution in [3.63, 3.8) is 0 Å². The summed E-state index contributed by atoms with van der Waals surface area (Å²) in [7, 11) is -7.16. The highest BCUT2D eigenvalue weighted by atomic mass is 35.5. The summed E-state index contributed by atoms with van der Waals surface area (Å²) < 4.78 is 49.7. The van der Waals surface area contributed by atoms with Crippen molar-refractivity contribution >= 4 is 48.5 Å². The fourth-order valence-electron chi connectivity index (χ4n) is 1.44. The van der Waals surface area contributed by atoms with E-state index in [4.69, 9.17) is 11.6 Å². The summed E-state index contributed by atoms with van der Waals surface area (Å²) in [5.41, 5.74) is 0.178. The Morgan fingerprint density at radius 1 is 1.10 bits per heavy atom. The summed E-state index contributed by atoms with van der Waals surface area (Å²) in [6, 6.07) is 8.47. The lowest BCUT2D eigenvalue weighted by Gasteiger charge is -2.07. The average molecular weight is 352 g/mol. The van der Waals surface area contributed by atoms with Gasteiger partial charge in [-0.15, -0.1) is 11.3 Å². The number of hydrogen-bond donors (Lipinski definition) is 1. The van der Waals surface area contributed by atoms with Gasteiger partial charge >= 0.3 is 0 Å². The monoisotopic (exact) mass is 351 g/mol. The quantitative estimate of drug-likeness (QED) is 0.918. The van der Waals surface area contributed by atoms with Crippen LogP contribution < -0.4 is 4.72 Å². The van der Waals surface area contributed by atoms with E-state index in [2.05, 4.69) is 4.72 Å². The van der Waals surface area contributed by atoms with E-state index < -0.39 is 19.9 Å². The Kier molecular flexibility index (Phi) is 4.10. The molecule has 9 heteroatoms. The Bertz CT molecular complexity index is 840. The molecule has 1 N–H and O–H groups in total. The Labute approximate surface area is 126 Å². The van der Waals surface area contributed by atoms with Gasteiger partial charge in [-0.05, 0) is 30.3 Å². The van der Waals surface area contributed by atoms with Gasteiger partial charge in [0, 0.05) is 6.26 Å². The second kappa shape index (κ2) is 5.36. The van der Waals surface area contributed by atoms with Crippen molar-refractivity contribution in [2.75, 3.05) is 11.0 Å². The number of anilines is 1. The maximum Gasteiger partial charge on any atom is 0.271 e. The molecule has 0 aliphatic heterocycles. The van der Waals surface area contributed by atoms with Crippen LogP contribution in [0.2, 0.25) is 4.34 Å². The molecule has 20 heavy (non-hydrogen) atoms. The van der Waals surface area contributed by atoms with E-state index in [1.807, 2.05) is 0 Å². The molecule has 1 aromatic carbocycles. The lowest BCUT2D eigenvalue weighted by molar-refractivity contribution is 0.600.